The molecule has 0 aliphatic heterocycles. The highest BCUT2D eigenvalue weighted by Gasteiger charge is 2.27. The maximum absolute atomic E-state index is 11.9. The predicted molar refractivity (Wildman–Crippen MR) is 67.5 cm³/mol. The van der Waals surface area contributed by atoms with Gasteiger partial charge in [0, 0.05) is 16.9 Å². The monoisotopic (exact) mass is 351 g/mol. The van der Waals surface area contributed by atoms with Gasteiger partial charge in [-0.25, -0.2) is 8.42 Å². The molecule has 0 radical (unpaired) electrons. The van der Waals surface area contributed by atoms with E-state index in [0.717, 1.165) is 6.20 Å². The number of carbonyl (C=O) groups excluding carboxylic acids is 1. The van der Waals surface area contributed by atoms with Gasteiger partial charge in [-0.15, -0.1) is 0 Å². The van der Waals surface area contributed by atoms with Crippen LogP contribution in [0, 0.1) is 0 Å². The average molecular weight is 352 g/mol. The van der Waals surface area contributed by atoms with Crippen molar-refractivity contribution >= 4 is 37.8 Å². The van der Waals surface area contributed by atoms with Gasteiger partial charge >= 0.3 is 5.97 Å². The van der Waals surface area contributed by atoms with E-state index in [0.29, 0.717) is 4.47 Å². The molecule has 104 valence electrons. The van der Waals surface area contributed by atoms with Crippen LogP contribution in [0.25, 0.3) is 0 Å². The Labute approximate surface area is 117 Å². The van der Waals surface area contributed by atoms with E-state index in [4.69, 9.17) is 10.8 Å². The first-order chi connectivity index (χ1) is 8.72. The van der Waals surface area contributed by atoms with Crippen LogP contribution in [0.1, 0.15) is 6.42 Å². The summed E-state index contributed by atoms with van der Waals surface area (Å²) in [4.78, 5) is 25.0. The van der Waals surface area contributed by atoms with Crippen molar-refractivity contribution in [3.63, 3.8) is 0 Å². The van der Waals surface area contributed by atoms with E-state index < -0.39 is 34.4 Å². The fraction of sp³-hybridized carbons (Fsp3) is 0.222. The smallest absolute Gasteiger partial charge is 0.322 e. The number of carboxylic acid groups (broad SMARTS) is 1. The quantitative estimate of drug-likeness (QED) is 0.628. The van der Waals surface area contributed by atoms with Crippen LogP contribution in [-0.2, 0) is 19.6 Å². The second-order valence-corrected chi connectivity index (χ2v) is 6.15. The lowest BCUT2D eigenvalue weighted by Gasteiger charge is -2.13. The fourth-order valence-corrected chi connectivity index (χ4v) is 2.87. The number of carboxylic acids is 1. The molecule has 0 spiro atoms. The van der Waals surface area contributed by atoms with Gasteiger partial charge in [0.25, 0.3) is 0 Å². The molecule has 1 rings (SSSR count). The molecule has 0 aromatic carbocycles. The molecule has 8 nitrogen and oxygen atoms in total. The molecule has 1 amide bonds. The Bertz CT molecular complexity index is 604. The number of halogens is 1. The Kier molecular flexibility index (Phi) is 4.97. The summed E-state index contributed by atoms with van der Waals surface area (Å²) in [5, 5.41) is 8.83. The molecule has 0 fully saturated rings. The molecule has 1 aromatic heterocycles. The first-order valence-corrected chi connectivity index (χ1v) is 7.14. The molecule has 1 heterocycles. The highest BCUT2D eigenvalue weighted by Crippen LogP contribution is 2.14. The second kappa shape index (κ2) is 6.08. The molecular formula is C9H10BrN3O5S. The Morgan fingerprint density at radius 1 is 1.47 bits per heavy atom. The van der Waals surface area contributed by atoms with Crippen LogP contribution < -0.4 is 10.5 Å². The van der Waals surface area contributed by atoms with Gasteiger partial charge in [0.2, 0.25) is 15.9 Å². The van der Waals surface area contributed by atoms with Crippen LogP contribution in [0.15, 0.2) is 27.8 Å². The first-order valence-electron chi connectivity index (χ1n) is 4.86. The first kappa shape index (κ1) is 15.5. The average Bonchev–Trinajstić information content (AvgIpc) is 2.27. The molecule has 0 aliphatic carbocycles. The van der Waals surface area contributed by atoms with Crippen molar-refractivity contribution in [2.75, 3.05) is 0 Å². The van der Waals surface area contributed by atoms with E-state index in [1.54, 1.807) is 0 Å². The molecule has 1 unspecified atom stereocenters. The Morgan fingerprint density at radius 3 is 2.58 bits per heavy atom. The van der Waals surface area contributed by atoms with E-state index in [9.17, 15) is 18.0 Å². The normalized spacial score (nSPS) is 12.9. The van der Waals surface area contributed by atoms with Crippen LogP contribution in [0.4, 0.5) is 0 Å². The number of hydrogen-bond acceptors (Lipinski definition) is 5. The number of sulfonamides is 1. The number of nitrogens with two attached hydrogens (primary N) is 1. The minimum absolute atomic E-state index is 0.224. The molecule has 1 aromatic rings. The van der Waals surface area contributed by atoms with Crippen molar-refractivity contribution in [2.24, 2.45) is 5.73 Å². The number of pyridine rings is 1. The molecule has 0 saturated carbocycles. The minimum Gasteiger partial charge on any atom is -0.480 e. The van der Waals surface area contributed by atoms with Crippen LogP contribution in [0.5, 0.6) is 0 Å². The summed E-state index contributed by atoms with van der Waals surface area (Å²) in [7, 11) is -4.10. The number of aliphatic carboxylic acids is 1. The largest absolute Gasteiger partial charge is 0.480 e. The minimum atomic E-state index is -4.10. The van der Waals surface area contributed by atoms with E-state index in [1.165, 1.54) is 12.3 Å². The number of nitrogens with one attached hydrogen (secondary N) is 1. The van der Waals surface area contributed by atoms with Gasteiger partial charge in [-0.05, 0) is 22.0 Å². The van der Waals surface area contributed by atoms with Crippen molar-refractivity contribution < 1.29 is 23.1 Å². The van der Waals surface area contributed by atoms with Crippen molar-refractivity contribution in [1.29, 1.82) is 0 Å². The standard InChI is InChI=1S/C9H10BrN3O5S/c10-5-1-6(4-12-3-5)19(17,18)13-7(9(15)16)2-8(11)14/h1,3-4,7,13H,2H2,(H2,11,14)(H,15,16). The van der Waals surface area contributed by atoms with Crippen molar-refractivity contribution in [1.82, 2.24) is 9.71 Å². The Hall–Kier alpha value is -1.52. The summed E-state index contributed by atoms with van der Waals surface area (Å²) >= 11 is 3.04. The molecule has 0 saturated heterocycles. The van der Waals surface area contributed by atoms with Gasteiger partial charge in [0.05, 0.1) is 6.42 Å². The number of hydrogen-bond donors (Lipinski definition) is 3. The molecule has 0 bridgehead atoms. The number of amides is 1. The van der Waals surface area contributed by atoms with Gasteiger partial charge in [-0.3, -0.25) is 14.6 Å². The summed E-state index contributed by atoms with van der Waals surface area (Å²) in [5.74, 6) is -2.42. The third-order valence-corrected chi connectivity index (χ3v) is 3.86. The number of nitrogens with zero attached hydrogens (tertiary/aromatic N) is 1. The number of carbonyl (C=O) groups is 2. The summed E-state index contributed by atoms with van der Waals surface area (Å²) in [6.45, 7) is 0. The summed E-state index contributed by atoms with van der Waals surface area (Å²) in [6.07, 6.45) is 1.78. The third-order valence-electron chi connectivity index (χ3n) is 1.99. The lowest BCUT2D eigenvalue weighted by Crippen LogP contribution is -2.43. The van der Waals surface area contributed by atoms with Gasteiger partial charge < -0.3 is 10.8 Å². The van der Waals surface area contributed by atoms with E-state index in [2.05, 4.69) is 20.9 Å². The second-order valence-electron chi connectivity index (χ2n) is 3.52. The SMILES string of the molecule is NC(=O)CC(NS(=O)(=O)c1cncc(Br)c1)C(=O)O. The molecule has 1 atom stereocenters. The number of primary amides is 1. The van der Waals surface area contributed by atoms with E-state index in [-0.39, 0.29) is 4.90 Å². The van der Waals surface area contributed by atoms with Crippen molar-refractivity contribution in [3.05, 3.63) is 22.9 Å². The maximum Gasteiger partial charge on any atom is 0.322 e. The number of rotatable bonds is 6. The molecule has 19 heavy (non-hydrogen) atoms. The van der Waals surface area contributed by atoms with E-state index in [1.807, 2.05) is 4.72 Å². The fourth-order valence-electron chi connectivity index (χ4n) is 1.18. The van der Waals surface area contributed by atoms with Crippen LogP contribution in [-0.4, -0.2) is 36.4 Å². The zero-order valence-electron chi connectivity index (χ0n) is 9.41. The summed E-state index contributed by atoms with van der Waals surface area (Å²) in [5.41, 5.74) is 4.86. The zero-order chi connectivity index (χ0) is 14.6. The summed E-state index contributed by atoms with van der Waals surface area (Å²) < 4.78 is 26.1. The Balaban J connectivity index is 3.00. The lowest BCUT2D eigenvalue weighted by atomic mass is 10.2. The Morgan fingerprint density at radius 2 is 2.11 bits per heavy atom. The maximum atomic E-state index is 11.9. The summed E-state index contributed by atoms with van der Waals surface area (Å²) in [6, 6.07) is -0.375. The molecule has 0 aliphatic rings. The molecule has 4 N–H and O–H groups in total. The topological polar surface area (TPSA) is 139 Å². The van der Waals surface area contributed by atoms with Gasteiger partial charge in [0.15, 0.2) is 0 Å². The van der Waals surface area contributed by atoms with Gasteiger partial charge in [0.1, 0.15) is 10.9 Å². The molecular weight excluding hydrogens is 342 g/mol. The highest BCUT2D eigenvalue weighted by atomic mass is 79.9. The highest BCUT2D eigenvalue weighted by molar-refractivity contribution is 9.10. The van der Waals surface area contributed by atoms with Crippen molar-refractivity contribution in [3.8, 4) is 0 Å². The lowest BCUT2D eigenvalue weighted by molar-refractivity contribution is -0.140. The predicted octanol–water partition coefficient (Wildman–Crippen LogP) is -0.549. The zero-order valence-corrected chi connectivity index (χ0v) is 11.8. The third kappa shape index (κ3) is 4.58. The van der Waals surface area contributed by atoms with Crippen LogP contribution in [0.2, 0.25) is 0 Å². The van der Waals surface area contributed by atoms with Crippen molar-refractivity contribution in [2.45, 2.75) is 17.4 Å². The van der Waals surface area contributed by atoms with Crippen LogP contribution >= 0.6 is 15.9 Å². The number of aromatic nitrogens is 1. The van der Waals surface area contributed by atoms with Gasteiger partial charge in [-0.2, -0.15) is 4.72 Å². The molecule has 10 heteroatoms. The van der Waals surface area contributed by atoms with Crippen LogP contribution in [0.3, 0.4) is 0 Å². The van der Waals surface area contributed by atoms with E-state index >= 15 is 0 Å². The van der Waals surface area contributed by atoms with Gasteiger partial charge in [-0.1, -0.05) is 0 Å².